The Balaban J connectivity index is 2.27. The molecule has 1 aliphatic carbocycles. The summed E-state index contributed by atoms with van der Waals surface area (Å²) in [5.41, 5.74) is 0. The second-order valence-electron chi connectivity index (χ2n) is 4.08. The first-order valence-electron chi connectivity index (χ1n) is 5.50. The monoisotopic (exact) mass is 169 g/mol. The van der Waals surface area contributed by atoms with Gasteiger partial charge in [-0.2, -0.15) is 0 Å². The lowest BCUT2D eigenvalue weighted by molar-refractivity contribution is 0.0232. The van der Waals surface area contributed by atoms with Crippen LogP contribution in [0.2, 0.25) is 0 Å². The van der Waals surface area contributed by atoms with Crippen LogP contribution in [0, 0.1) is 5.92 Å². The molecule has 0 saturated heterocycles. The summed E-state index contributed by atoms with van der Waals surface area (Å²) in [6.45, 7) is 2.11. The molecule has 0 bridgehead atoms. The molecule has 0 amide bonds. The van der Waals surface area contributed by atoms with Crippen molar-refractivity contribution in [2.45, 2.75) is 64.4 Å². The quantitative estimate of drug-likeness (QED) is 0.576. The predicted octanol–water partition coefficient (Wildman–Crippen LogP) is 3.56. The molecular weight excluding hydrogens is 148 g/mol. The van der Waals surface area contributed by atoms with Gasteiger partial charge in [0.05, 0.1) is 6.10 Å². The summed E-state index contributed by atoms with van der Waals surface area (Å²) in [6, 6.07) is 0. The van der Waals surface area contributed by atoms with Gasteiger partial charge in [-0.1, -0.05) is 39.0 Å². The molecule has 0 N–H and O–H groups in total. The largest absolute Gasteiger partial charge is 0.233 e. The van der Waals surface area contributed by atoms with Crippen molar-refractivity contribution in [1.82, 2.24) is 0 Å². The van der Waals surface area contributed by atoms with E-state index in [0.717, 1.165) is 12.8 Å². The zero-order valence-corrected chi connectivity index (χ0v) is 8.22. The Morgan fingerprint density at radius 1 is 1.17 bits per heavy atom. The van der Waals surface area contributed by atoms with Crippen LogP contribution in [0.3, 0.4) is 0 Å². The average Bonchev–Trinajstić information content (AvgIpc) is 2.32. The van der Waals surface area contributed by atoms with E-state index >= 15 is 0 Å². The lowest BCUT2D eigenvalue weighted by Crippen LogP contribution is -2.17. The molecule has 12 heavy (non-hydrogen) atoms. The van der Waals surface area contributed by atoms with Crippen LogP contribution in [0.1, 0.15) is 58.3 Å². The Kier molecular flexibility index (Phi) is 4.67. The molecule has 1 nitrogen and oxygen atoms in total. The van der Waals surface area contributed by atoms with Crippen LogP contribution in [-0.2, 0) is 5.11 Å². The van der Waals surface area contributed by atoms with Crippen LogP contribution in [0.25, 0.3) is 0 Å². The molecule has 1 fully saturated rings. The van der Waals surface area contributed by atoms with Gasteiger partial charge >= 0.3 is 0 Å². The standard InChI is InChI=1S/C11H21O/c1-2-7-11(12)10-8-5-3-4-6-9-10/h10-11H,2-9H2,1H3. The normalized spacial score (nSPS) is 23.5. The first-order valence-corrected chi connectivity index (χ1v) is 5.50. The summed E-state index contributed by atoms with van der Waals surface area (Å²) < 4.78 is 0. The van der Waals surface area contributed by atoms with E-state index in [1.807, 2.05) is 0 Å². The van der Waals surface area contributed by atoms with Crippen molar-refractivity contribution in [2.75, 3.05) is 0 Å². The molecule has 0 aromatic rings. The van der Waals surface area contributed by atoms with E-state index in [0.29, 0.717) is 5.92 Å². The van der Waals surface area contributed by atoms with Crippen molar-refractivity contribution in [3.05, 3.63) is 0 Å². The van der Waals surface area contributed by atoms with Crippen molar-refractivity contribution in [3.8, 4) is 0 Å². The molecule has 0 aliphatic heterocycles. The molecule has 0 spiro atoms. The Hall–Kier alpha value is -0.0400. The topological polar surface area (TPSA) is 19.9 Å². The zero-order valence-electron chi connectivity index (χ0n) is 8.22. The third-order valence-electron chi connectivity index (χ3n) is 3.00. The Morgan fingerprint density at radius 3 is 2.25 bits per heavy atom. The average molecular weight is 169 g/mol. The highest BCUT2D eigenvalue weighted by atomic mass is 16.3. The fraction of sp³-hybridized carbons (Fsp3) is 1.00. The molecule has 1 aliphatic rings. The molecule has 1 heteroatoms. The number of hydrogen-bond donors (Lipinski definition) is 0. The molecular formula is C11H21O. The maximum atomic E-state index is 11.6. The predicted molar refractivity (Wildman–Crippen MR) is 50.6 cm³/mol. The molecule has 1 unspecified atom stereocenters. The number of hydrogen-bond acceptors (Lipinski definition) is 0. The van der Waals surface area contributed by atoms with E-state index in [1.165, 1.54) is 38.5 Å². The first-order chi connectivity index (χ1) is 5.84. The van der Waals surface area contributed by atoms with Crippen molar-refractivity contribution >= 4 is 0 Å². The van der Waals surface area contributed by atoms with E-state index in [-0.39, 0.29) is 6.10 Å². The van der Waals surface area contributed by atoms with Gasteiger partial charge in [-0.25, -0.2) is 5.11 Å². The van der Waals surface area contributed by atoms with Crippen LogP contribution in [-0.4, -0.2) is 6.10 Å². The highest BCUT2D eigenvalue weighted by molar-refractivity contribution is 4.71. The second-order valence-corrected chi connectivity index (χ2v) is 4.08. The van der Waals surface area contributed by atoms with Gasteiger partial charge in [-0.05, 0) is 25.2 Å². The minimum atomic E-state index is -0.256. The fourth-order valence-corrected chi connectivity index (χ4v) is 2.20. The van der Waals surface area contributed by atoms with Gasteiger partial charge in [-0.3, -0.25) is 0 Å². The molecule has 1 atom stereocenters. The van der Waals surface area contributed by atoms with Crippen molar-refractivity contribution < 1.29 is 5.11 Å². The van der Waals surface area contributed by atoms with E-state index in [2.05, 4.69) is 6.92 Å². The number of rotatable bonds is 3. The maximum absolute atomic E-state index is 11.6. The Bertz CT molecular complexity index is 104. The van der Waals surface area contributed by atoms with E-state index < -0.39 is 0 Å². The third-order valence-corrected chi connectivity index (χ3v) is 3.00. The molecule has 1 rings (SSSR count). The maximum Gasteiger partial charge on any atom is 0.0958 e. The lowest BCUT2D eigenvalue weighted by Gasteiger charge is -2.18. The van der Waals surface area contributed by atoms with E-state index in [9.17, 15) is 5.11 Å². The van der Waals surface area contributed by atoms with Gasteiger partial charge in [0.2, 0.25) is 0 Å². The van der Waals surface area contributed by atoms with Gasteiger partial charge in [0.25, 0.3) is 0 Å². The zero-order chi connectivity index (χ0) is 8.81. The van der Waals surface area contributed by atoms with Gasteiger partial charge in [-0.15, -0.1) is 0 Å². The molecule has 0 aromatic heterocycles. The van der Waals surface area contributed by atoms with Crippen LogP contribution in [0.5, 0.6) is 0 Å². The van der Waals surface area contributed by atoms with Crippen LogP contribution >= 0.6 is 0 Å². The first kappa shape index (κ1) is 10.0. The lowest BCUT2D eigenvalue weighted by atomic mass is 9.91. The van der Waals surface area contributed by atoms with E-state index in [1.54, 1.807) is 0 Å². The Morgan fingerprint density at radius 2 is 1.75 bits per heavy atom. The second kappa shape index (κ2) is 5.58. The molecule has 71 valence electrons. The van der Waals surface area contributed by atoms with Gasteiger partial charge < -0.3 is 0 Å². The molecule has 0 aromatic carbocycles. The molecule has 0 heterocycles. The highest BCUT2D eigenvalue weighted by Gasteiger charge is 2.20. The molecule has 1 radical (unpaired) electrons. The van der Waals surface area contributed by atoms with Crippen molar-refractivity contribution in [3.63, 3.8) is 0 Å². The Labute approximate surface area is 76.2 Å². The van der Waals surface area contributed by atoms with Crippen LogP contribution in [0.4, 0.5) is 0 Å². The minimum Gasteiger partial charge on any atom is -0.233 e. The fourth-order valence-electron chi connectivity index (χ4n) is 2.20. The van der Waals surface area contributed by atoms with Crippen molar-refractivity contribution in [1.29, 1.82) is 0 Å². The van der Waals surface area contributed by atoms with Crippen LogP contribution in [0.15, 0.2) is 0 Å². The summed E-state index contributed by atoms with van der Waals surface area (Å²) in [5.74, 6) is 0.507. The summed E-state index contributed by atoms with van der Waals surface area (Å²) >= 11 is 0. The molecule has 1 saturated carbocycles. The van der Waals surface area contributed by atoms with Gasteiger partial charge in [0, 0.05) is 0 Å². The summed E-state index contributed by atoms with van der Waals surface area (Å²) in [6.07, 6.45) is 9.41. The van der Waals surface area contributed by atoms with Gasteiger partial charge in [0.15, 0.2) is 0 Å². The minimum absolute atomic E-state index is 0.256. The SMILES string of the molecule is CCCC([O])C1CCCCCC1. The summed E-state index contributed by atoms with van der Waals surface area (Å²) in [7, 11) is 0. The van der Waals surface area contributed by atoms with E-state index in [4.69, 9.17) is 0 Å². The summed E-state index contributed by atoms with van der Waals surface area (Å²) in [4.78, 5) is 0. The van der Waals surface area contributed by atoms with Crippen LogP contribution < -0.4 is 0 Å². The highest BCUT2D eigenvalue weighted by Crippen LogP contribution is 2.27. The van der Waals surface area contributed by atoms with Crippen molar-refractivity contribution in [2.24, 2.45) is 5.92 Å². The smallest absolute Gasteiger partial charge is 0.0958 e. The van der Waals surface area contributed by atoms with Gasteiger partial charge in [0.1, 0.15) is 0 Å². The summed E-state index contributed by atoms with van der Waals surface area (Å²) in [5, 5.41) is 11.6. The third kappa shape index (κ3) is 3.14.